The summed E-state index contributed by atoms with van der Waals surface area (Å²) in [5.41, 5.74) is 2.08. The third-order valence-corrected chi connectivity index (χ3v) is 3.08. The Morgan fingerprint density at radius 3 is 2.40 bits per heavy atom. The van der Waals surface area contributed by atoms with Gasteiger partial charge < -0.3 is 5.32 Å². The fourth-order valence-corrected chi connectivity index (χ4v) is 1.80. The number of hydrazone groups is 1. The minimum absolute atomic E-state index is 0.148. The number of benzene rings is 1. The standard InChI is InChI=1S/C16H13F3N4O2/c1-10(11-5-7-20-8-6-11)22-23-15(25)14(24)21-13-4-2-3-12(9-13)16(17,18)19/h2-9H,1H3,(H,21,24)(H,23,25)/b22-10+. The Bertz CT molecular complexity index is 805. The van der Waals surface area contributed by atoms with Gasteiger partial charge in [0.15, 0.2) is 0 Å². The number of hydrogen-bond donors (Lipinski definition) is 2. The fraction of sp³-hybridized carbons (Fsp3) is 0.125. The lowest BCUT2D eigenvalue weighted by Gasteiger charge is -2.09. The highest BCUT2D eigenvalue weighted by Gasteiger charge is 2.30. The van der Waals surface area contributed by atoms with Crippen molar-refractivity contribution in [1.29, 1.82) is 0 Å². The van der Waals surface area contributed by atoms with Gasteiger partial charge in [0.2, 0.25) is 0 Å². The number of amides is 2. The van der Waals surface area contributed by atoms with Gasteiger partial charge in [0.25, 0.3) is 0 Å². The van der Waals surface area contributed by atoms with E-state index in [0.717, 1.165) is 18.2 Å². The molecule has 1 heterocycles. The first-order chi connectivity index (χ1) is 11.8. The molecule has 0 aliphatic carbocycles. The predicted octanol–water partition coefficient (Wildman–Crippen LogP) is 2.58. The van der Waals surface area contributed by atoms with Crippen LogP contribution in [0.4, 0.5) is 18.9 Å². The van der Waals surface area contributed by atoms with E-state index in [4.69, 9.17) is 0 Å². The first-order valence-electron chi connectivity index (χ1n) is 7.00. The van der Waals surface area contributed by atoms with Gasteiger partial charge in [-0.05, 0) is 37.3 Å². The summed E-state index contributed by atoms with van der Waals surface area (Å²) in [7, 11) is 0. The van der Waals surface area contributed by atoms with Crippen molar-refractivity contribution in [3.8, 4) is 0 Å². The van der Waals surface area contributed by atoms with Gasteiger partial charge in [-0.3, -0.25) is 14.6 Å². The topological polar surface area (TPSA) is 83.5 Å². The molecule has 1 aromatic carbocycles. The zero-order valence-corrected chi connectivity index (χ0v) is 13.0. The monoisotopic (exact) mass is 350 g/mol. The van der Waals surface area contributed by atoms with Crippen LogP contribution >= 0.6 is 0 Å². The van der Waals surface area contributed by atoms with Gasteiger partial charge in [-0.2, -0.15) is 18.3 Å². The molecule has 2 rings (SSSR count). The lowest BCUT2D eigenvalue weighted by Crippen LogP contribution is -2.33. The Hall–Kier alpha value is -3.23. The largest absolute Gasteiger partial charge is 0.416 e. The van der Waals surface area contributed by atoms with Gasteiger partial charge in [-0.15, -0.1) is 0 Å². The quantitative estimate of drug-likeness (QED) is 0.507. The molecule has 0 saturated carbocycles. The summed E-state index contributed by atoms with van der Waals surface area (Å²) in [5, 5.41) is 5.85. The van der Waals surface area contributed by atoms with E-state index in [1.807, 2.05) is 5.43 Å². The Labute approximate surface area is 140 Å². The first kappa shape index (κ1) is 18.1. The first-order valence-corrected chi connectivity index (χ1v) is 7.00. The zero-order chi connectivity index (χ0) is 18.4. The molecule has 25 heavy (non-hydrogen) atoms. The SMILES string of the molecule is C/C(=N\NC(=O)C(=O)Nc1cccc(C(F)(F)F)c1)c1ccncc1. The van der Waals surface area contributed by atoms with Crippen LogP contribution in [-0.4, -0.2) is 22.5 Å². The Kier molecular flexibility index (Phi) is 5.48. The summed E-state index contributed by atoms with van der Waals surface area (Å²) in [4.78, 5) is 27.3. The van der Waals surface area contributed by atoms with Crippen molar-refractivity contribution in [1.82, 2.24) is 10.4 Å². The number of hydrogen-bond acceptors (Lipinski definition) is 4. The lowest BCUT2D eigenvalue weighted by molar-refractivity contribution is -0.137. The highest BCUT2D eigenvalue weighted by atomic mass is 19.4. The van der Waals surface area contributed by atoms with Crippen LogP contribution in [0, 0.1) is 0 Å². The molecule has 0 aliphatic heterocycles. The van der Waals surface area contributed by atoms with Gasteiger partial charge in [0.1, 0.15) is 0 Å². The van der Waals surface area contributed by atoms with Gasteiger partial charge >= 0.3 is 18.0 Å². The van der Waals surface area contributed by atoms with Crippen LogP contribution in [0.2, 0.25) is 0 Å². The number of nitrogens with one attached hydrogen (secondary N) is 2. The van der Waals surface area contributed by atoms with Crippen LogP contribution in [0.25, 0.3) is 0 Å². The molecule has 0 bridgehead atoms. The number of rotatable bonds is 3. The van der Waals surface area contributed by atoms with Crippen molar-refractivity contribution in [2.45, 2.75) is 13.1 Å². The summed E-state index contributed by atoms with van der Waals surface area (Å²) >= 11 is 0. The van der Waals surface area contributed by atoms with Crippen molar-refractivity contribution in [3.05, 3.63) is 59.9 Å². The van der Waals surface area contributed by atoms with Crippen molar-refractivity contribution in [2.24, 2.45) is 5.10 Å². The molecule has 0 atom stereocenters. The number of halogens is 3. The molecule has 2 aromatic rings. The molecular formula is C16H13F3N4O2. The molecule has 0 aliphatic rings. The molecule has 0 saturated heterocycles. The molecule has 130 valence electrons. The van der Waals surface area contributed by atoms with Crippen LogP contribution in [0.5, 0.6) is 0 Å². The molecule has 0 radical (unpaired) electrons. The Balaban J connectivity index is 2.00. The number of nitrogens with zero attached hydrogens (tertiary/aromatic N) is 2. The molecular weight excluding hydrogens is 337 g/mol. The molecule has 0 unspecified atom stereocenters. The van der Waals surface area contributed by atoms with Crippen molar-refractivity contribution >= 4 is 23.2 Å². The number of aromatic nitrogens is 1. The third-order valence-electron chi connectivity index (χ3n) is 3.08. The Morgan fingerprint density at radius 2 is 1.76 bits per heavy atom. The summed E-state index contributed by atoms with van der Waals surface area (Å²) in [6.07, 6.45) is -1.47. The smallest absolute Gasteiger partial charge is 0.318 e. The van der Waals surface area contributed by atoms with Gasteiger partial charge in [-0.25, -0.2) is 5.43 Å². The zero-order valence-electron chi connectivity index (χ0n) is 13.0. The second kappa shape index (κ2) is 7.56. The maximum Gasteiger partial charge on any atom is 0.416 e. The number of carbonyl (C=O) groups excluding carboxylic acids is 2. The van der Waals surface area contributed by atoms with Crippen molar-refractivity contribution in [3.63, 3.8) is 0 Å². The minimum Gasteiger partial charge on any atom is -0.318 e. The molecule has 9 heteroatoms. The van der Waals surface area contributed by atoms with E-state index in [1.165, 1.54) is 18.5 Å². The van der Waals surface area contributed by atoms with E-state index in [1.54, 1.807) is 19.1 Å². The number of pyridine rings is 1. The number of anilines is 1. The molecule has 2 amide bonds. The summed E-state index contributed by atoms with van der Waals surface area (Å²) < 4.78 is 37.9. The molecule has 0 fully saturated rings. The second-order valence-corrected chi connectivity index (χ2v) is 4.91. The fourth-order valence-electron chi connectivity index (χ4n) is 1.80. The van der Waals surface area contributed by atoms with Crippen LogP contribution < -0.4 is 10.7 Å². The van der Waals surface area contributed by atoms with E-state index < -0.39 is 23.6 Å². The van der Waals surface area contributed by atoms with E-state index in [-0.39, 0.29) is 5.69 Å². The average molecular weight is 350 g/mol. The minimum atomic E-state index is -4.55. The van der Waals surface area contributed by atoms with Crippen molar-refractivity contribution in [2.75, 3.05) is 5.32 Å². The number of alkyl halides is 3. The number of carbonyl (C=O) groups is 2. The van der Waals surface area contributed by atoms with E-state index in [0.29, 0.717) is 11.3 Å². The highest BCUT2D eigenvalue weighted by molar-refractivity contribution is 6.39. The normalized spacial score (nSPS) is 11.8. The van der Waals surface area contributed by atoms with E-state index in [2.05, 4.69) is 15.4 Å². The maximum absolute atomic E-state index is 12.6. The second-order valence-electron chi connectivity index (χ2n) is 4.91. The summed E-state index contributed by atoms with van der Waals surface area (Å²) in [5.74, 6) is -2.24. The lowest BCUT2D eigenvalue weighted by atomic mass is 10.2. The maximum atomic E-state index is 12.6. The van der Waals surface area contributed by atoms with E-state index >= 15 is 0 Å². The molecule has 6 nitrogen and oxygen atoms in total. The molecule has 1 aromatic heterocycles. The predicted molar refractivity (Wildman–Crippen MR) is 84.7 cm³/mol. The van der Waals surface area contributed by atoms with Crippen LogP contribution in [0.15, 0.2) is 53.9 Å². The van der Waals surface area contributed by atoms with Gasteiger partial charge in [-0.1, -0.05) is 6.07 Å². The highest BCUT2D eigenvalue weighted by Crippen LogP contribution is 2.30. The molecule has 0 spiro atoms. The van der Waals surface area contributed by atoms with Crippen LogP contribution in [0.3, 0.4) is 0 Å². The Morgan fingerprint density at radius 1 is 1.08 bits per heavy atom. The summed E-state index contributed by atoms with van der Waals surface area (Å²) in [6.45, 7) is 1.61. The third kappa shape index (κ3) is 5.13. The van der Waals surface area contributed by atoms with Crippen LogP contribution in [-0.2, 0) is 15.8 Å². The van der Waals surface area contributed by atoms with Gasteiger partial charge in [0.05, 0.1) is 11.3 Å². The molecule has 2 N–H and O–H groups in total. The van der Waals surface area contributed by atoms with Gasteiger partial charge in [0, 0.05) is 23.6 Å². The summed E-state index contributed by atoms with van der Waals surface area (Å²) in [6, 6.07) is 7.28. The van der Waals surface area contributed by atoms with Crippen LogP contribution in [0.1, 0.15) is 18.1 Å². The van der Waals surface area contributed by atoms with E-state index in [9.17, 15) is 22.8 Å². The van der Waals surface area contributed by atoms with Crippen molar-refractivity contribution < 1.29 is 22.8 Å². The average Bonchev–Trinajstić information content (AvgIpc) is 2.59.